The summed E-state index contributed by atoms with van der Waals surface area (Å²) in [5.74, 6) is -0.652. The Bertz CT molecular complexity index is 1040. The maximum Gasteiger partial charge on any atom is 0.305 e. The van der Waals surface area contributed by atoms with Gasteiger partial charge in [0.25, 0.3) is 11.6 Å². The number of hydrogen-bond donors (Lipinski definition) is 0. The van der Waals surface area contributed by atoms with E-state index in [0.717, 1.165) is 10.9 Å². The first-order valence-corrected chi connectivity index (χ1v) is 8.91. The van der Waals surface area contributed by atoms with Crippen molar-refractivity contribution in [1.29, 1.82) is 0 Å². The summed E-state index contributed by atoms with van der Waals surface area (Å²) >= 11 is 0. The number of hydrogen-bond acceptors (Lipinski definition) is 6. The number of pyridine rings is 1. The number of non-ortho nitro benzene ring substituents is 1. The lowest BCUT2D eigenvalue weighted by Crippen LogP contribution is -2.11. The molecule has 8 nitrogen and oxygen atoms in total. The van der Waals surface area contributed by atoms with Crippen LogP contribution in [0.4, 0.5) is 5.69 Å². The lowest BCUT2D eigenvalue weighted by molar-refractivity contribution is -0.384. The van der Waals surface area contributed by atoms with Crippen molar-refractivity contribution in [3.8, 4) is 0 Å². The van der Waals surface area contributed by atoms with Crippen molar-refractivity contribution in [3.63, 3.8) is 0 Å². The molecule has 0 aliphatic rings. The molecule has 0 unspecified atom stereocenters. The first-order valence-electron chi connectivity index (χ1n) is 8.91. The minimum Gasteiger partial charge on any atom is -0.466 e. The average molecular weight is 381 g/mol. The van der Waals surface area contributed by atoms with E-state index in [9.17, 15) is 19.7 Å². The van der Waals surface area contributed by atoms with Crippen LogP contribution in [0, 0.1) is 10.1 Å². The molecular formula is C20H19N3O5. The molecule has 2 heterocycles. The zero-order valence-electron chi connectivity index (χ0n) is 15.3. The normalized spacial score (nSPS) is 10.8. The van der Waals surface area contributed by atoms with E-state index in [1.165, 1.54) is 28.8 Å². The molecule has 8 heteroatoms. The fraction of sp³-hybridized carbons (Fsp3) is 0.250. The van der Waals surface area contributed by atoms with Crippen molar-refractivity contribution in [3.05, 3.63) is 70.0 Å². The molecule has 0 saturated heterocycles. The number of carbonyl (C=O) groups excluding carboxylic acids is 2. The van der Waals surface area contributed by atoms with E-state index in [0.29, 0.717) is 31.5 Å². The molecule has 0 amide bonds. The number of esters is 1. The molecule has 0 bridgehead atoms. The van der Waals surface area contributed by atoms with Gasteiger partial charge in [0, 0.05) is 41.9 Å². The summed E-state index contributed by atoms with van der Waals surface area (Å²) in [6.45, 7) is 2.11. The quantitative estimate of drug-likeness (QED) is 0.352. The Morgan fingerprint density at radius 3 is 2.82 bits per heavy atom. The van der Waals surface area contributed by atoms with Crippen molar-refractivity contribution in [2.24, 2.45) is 0 Å². The number of carbonyl (C=O) groups is 2. The maximum atomic E-state index is 12.9. The molecule has 0 atom stereocenters. The number of rotatable bonds is 7. The summed E-state index contributed by atoms with van der Waals surface area (Å²) in [7, 11) is 0. The first kappa shape index (κ1) is 19.2. The molecular weight excluding hydrogens is 362 g/mol. The summed E-state index contributed by atoms with van der Waals surface area (Å²) in [4.78, 5) is 39.2. The van der Waals surface area contributed by atoms with Gasteiger partial charge in [-0.15, -0.1) is 0 Å². The zero-order valence-corrected chi connectivity index (χ0v) is 15.3. The van der Waals surface area contributed by atoms with Crippen LogP contribution in [0.25, 0.3) is 11.0 Å². The number of aryl methyl sites for hydroxylation is 1. The Hall–Kier alpha value is -3.55. The summed E-state index contributed by atoms with van der Waals surface area (Å²) in [6, 6.07) is 9.23. The molecule has 0 N–H and O–H groups in total. The summed E-state index contributed by atoms with van der Waals surface area (Å²) in [5.41, 5.74) is 1.41. The first-order chi connectivity index (χ1) is 13.5. The smallest absolute Gasteiger partial charge is 0.305 e. The fourth-order valence-electron chi connectivity index (χ4n) is 3.03. The topological polar surface area (TPSA) is 104 Å². The largest absolute Gasteiger partial charge is 0.466 e. The highest BCUT2D eigenvalue weighted by Gasteiger charge is 2.18. The van der Waals surface area contributed by atoms with Gasteiger partial charge in [-0.25, -0.2) is 4.98 Å². The third kappa shape index (κ3) is 4.06. The van der Waals surface area contributed by atoms with Crippen LogP contribution in [0.15, 0.2) is 48.8 Å². The van der Waals surface area contributed by atoms with Crippen molar-refractivity contribution in [1.82, 2.24) is 9.55 Å². The number of benzene rings is 1. The van der Waals surface area contributed by atoms with E-state index < -0.39 is 10.8 Å². The Morgan fingerprint density at radius 2 is 2.07 bits per heavy atom. The Morgan fingerprint density at radius 1 is 1.25 bits per heavy atom. The van der Waals surface area contributed by atoms with Gasteiger partial charge in [-0.3, -0.25) is 24.3 Å². The molecule has 0 aliphatic heterocycles. The second-order valence-electron chi connectivity index (χ2n) is 6.17. The predicted octanol–water partition coefficient (Wildman–Crippen LogP) is 3.52. The molecule has 3 rings (SSSR count). The van der Waals surface area contributed by atoms with Crippen molar-refractivity contribution >= 4 is 28.6 Å². The van der Waals surface area contributed by atoms with Gasteiger partial charge in [-0.2, -0.15) is 0 Å². The highest BCUT2D eigenvalue weighted by atomic mass is 16.6. The van der Waals surface area contributed by atoms with Gasteiger partial charge in [-0.05, 0) is 43.5 Å². The van der Waals surface area contributed by atoms with Crippen LogP contribution in [0.1, 0.15) is 35.7 Å². The Balaban J connectivity index is 1.89. The Kier molecular flexibility index (Phi) is 5.78. The second-order valence-corrected chi connectivity index (χ2v) is 6.17. The zero-order chi connectivity index (χ0) is 20.1. The minimum absolute atomic E-state index is 0.148. The molecule has 144 valence electrons. The number of ether oxygens (including phenoxy) is 1. The van der Waals surface area contributed by atoms with Crippen molar-refractivity contribution < 1.29 is 19.2 Å². The van der Waals surface area contributed by atoms with Crippen LogP contribution in [0.5, 0.6) is 0 Å². The fourth-order valence-corrected chi connectivity index (χ4v) is 3.03. The number of nitro benzene ring substituents is 1. The van der Waals surface area contributed by atoms with Crippen LogP contribution in [0.2, 0.25) is 0 Å². The van der Waals surface area contributed by atoms with Crippen molar-refractivity contribution in [2.45, 2.75) is 26.2 Å². The SMILES string of the molecule is CCOC(=O)CCCc1cn(C(=O)c2cccc([N+](=O)[O-])c2)c2ncccc12. The number of nitrogens with zero attached hydrogens (tertiary/aromatic N) is 3. The van der Waals surface area contributed by atoms with Crippen LogP contribution in [-0.4, -0.2) is 33.0 Å². The van der Waals surface area contributed by atoms with Crippen LogP contribution >= 0.6 is 0 Å². The van der Waals surface area contributed by atoms with E-state index in [1.807, 2.05) is 6.07 Å². The molecule has 0 radical (unpaired) electrons. The predicted molar refractivity (Wildman–Crippen MR) is 102 cm³/mol. The number of fused-ring (bicyclic) bond motifs is 1. The summed E-state index contributed by atoms with van der Waals surface area (Å²) < 4.78 is 6.33. The van der Waals surface area contributed by atoms with Gasteiger partial charge in [-0.1, -0.05) is 6.07 Å². The van der Waals surface area contributed by atoms with E-state index in [4.69, 9.17) is 4.74 Å². The van der Waals surface area contributed by atoms with Crippen LogP contribution in [-0.2, 0) is 16.0 Å². The third-order valence-electron chi connectivity index (χ3n) is 4.30. The summed E-state index contributed by atoms with van der Waals surface area (Å²) in [5, 5.41) is 11.8. The van der Waals surface area contributed by atoms with Gasteiger partial charge in [0.15, 0.2) is 0 Å². The van der Waals surface area contributed by atoms with Gasteiger partial charge in [0.1, 0.15) is 5.65 Å². The standard InChI is InChI=1S/C20H19N3O5/c1-2-28-18(24)10-4-7-15-13-22(19-17(15)9-5-11-21-19)20(25)14-6-3-8-16(12-14)23(26)27/h3,5-6,8-9,11-13H,2,4,7,10H2,1H3. The van der Waals surface area contributed by atoms with Gasteiger partial charge >= 0.3 is 5.97 Å². The molecule has 1 aromatic carbocycles. The van der Waals surface area contributed by atoms with E-state index in [-0.39, 0.29) is 17.2 Å². The molecule has 28 heavy (non-hydrogen) atoms. The number of nitro groups is 1. The highest BCUT2D eigenvalue weighted by molar-refractivity contribution is 6.02. The van der Waals surface area contributed by atoms with Gasteiger partial charge < -0.3 is 4.74 Å². The monoisotopic (exact) mass is 381 g/mol. The second kappa shape index (κ2) is 8.43. The number of aromatic nitrogens is 2. The average Bonchev–Trinajstić information content (AvgIpc) is 3.06. The molecule has 0 spiro atoms. The molecule has 0 fully saturated rings. The third-order valence-corrected chi connectivity index (χ3v) is 4.30. The van der Waals surface area contributed by atoms with Gasteiger partial charge in [0.2, 0.25) is 0 Å². The maximum absolute atomic E-state index is 12.9. The van der Waals surface area contributed by atoms with Gasteiger partial charge in [0.05, 0.1) is 11.5 Å². The molecule has 0 saturated carbocycles. The van der Waals surface area contributed by atoms with Crippen LogP contribution in [0.3, 0.4) is 0 Å². The van der Waals surface area contributed by atoms with E-state index in [1.54, 1.807) is 25.4 Å². The van der Waals surface area contributed by atoms with Crippen molar-refractivity contribution in [2.75, 3.05) is 6.61 Å². The lowest BCUT2D eigenvalue weighted by Gasteiger charge is -2.03. The minimum atomic E-state index is -0.538. The Labute approximate surface area is 160 Å². The van der Waals surface area contributed by atoms with E-state index >= 15 is 0 Å². The molecule has 0 aliphatic carbocycles. The molecule has 3 aromatic rings. The highest BCUT2D eigenvalue weighted by Crippen LogP contribution is 2.23. The van der Waals surface area contributed by atoms with Crippen LogP contribution < -0.4 is 0 Å². The summed E-state index contributed by atoms with van der Waals surface area (Å²) in [6.07, 6.45) is 4.72. The van der Waals surface area contributed by atoms with E-state index in [2.05, 4.69) is 4.98 Å². The molecule has 2 aromatic heterocycles. The lowest BCUT2D eigenvalue weighted by atomic mass is 10.1.